The molecule has 1 aliphatic carbocycles. The van der Waals surface area contributed by atoms with Gasteiger partial charge in [-0.15, -0.1) is 0 Å². The minimum absolute atomic E-state index is 0.176. The van der Waals surface area contributed by atoms with Crippen molar-refractivity contribution in [3.8, 4) is 0 Å². The monoisotopic (exact) mass is 229 g/mol. The van der Waals surface area contributed by atoms with E-state index in [1.54, 1.807) is 7.11 Å². The van der Waals surface area contributed by atoms with Gasteiger partial charge in [-0.25, -0.2) is 4.90 Å². The summed E-state index contributed by atoms with van der Waals surface area (Å²) in [5.41, 5.74) is 0. The van der Waals surface area contributed by atoms with E-state index in [0.717, 1.165) is 38.8 Å². The summed E-state index contributed by atoms with van der Waals surface area (Å²) in [6.07, 6.45) is 4.96. The Bertz CT molecular complexity index is 217. The molecule has 3 N–H and O–H groups in total. The van der Waals surface area contributed by atoms with Crippen LogP contribution < -0.4 is 5.32 Å². The molecule has 0 aromatic heterocycles. The lowest BCUT2D eigenvalue weighted by Crippen LogP contribution is -2.91. The molecule has 4 heteroatoms. The number of hydrogen-bond acceptors (Lipinski definition) is 3. The fourth-order valence-corrected chi connectivity index (χ4v) is 3.12. The number of nitrogens with zero attached hydrogens (tertiary/aromatic N) is 1. The fourth-order valence-electron chi connectivity index (χ4n) is 3.12. The molecule has 2 rings (SSSR count). The number of likely N-dealkylation sites (N-methyl/N-ethyl adjacent to an activating group) is 1. The Morgan fingerprint density at radius 2 is 2.00 bits per heavy atom. The lowest BCUT2D eigenvalue weighted by Gasteiger charge is -2.33. The quantitative estimate of drug-likeness (QED) is 0.678. The second kappa shape index (κ2) is 5.45. The number of nitrogens with two attached hydrogens (primary N) is 1. The summed E-state index contributed by atoms with van der Waals surface area (Å²) in [6.45, 7) is 2.21. The number of aliphatic hydroxyl groups is 1. The third kappa shape index (κ3) is 2.56. The summed E-state index contributed by atoms with van der Waals surface area (Å²) in [6, 6.07) is 0. The van der Waals surface area contributed by atoms with Crippen molar-refractivity contribution in [1.29, 1.82) is 0 Å². The number of quaternary nitrogens is 1. The molecule has 94 valence electrons. The van der Waals surface area contributed by atoms with Gasteiger partial charge in [-0.1, -0.05) is 0 Å². The van der Waals surface area contributed by atoms with E-state index in [9.17, 15) is 5.11 Å². The Hall–Kier alpha value is -0.160. The molecule has 1 saturated heterocycles. The van der Waals surface area contributed by atoms with Crippen LogP contribution in [-0.2, 0) is 4.74 Å². The van der Waals surface area contributed by atoms with Gasteiger partial charge in [0.05, 0.1) is 19.2 Å². The zero-order valence-corrected chi connectivity index (χ0v) is 10.4. The number of rotatable bonds is 3. The van der Waals surface area contributed by atoms with Crippen LogP contribution in [-0.4, -0.2) is 55.6 Å². The molecular weight excluding hydrogens is 204 g/mol. The van der Waals surface area contributed by atoms with Crippen molar-refractivity contribution in [3.63, 3.8) is 0 Å². The Kier molecular flexibility index (Phi) is 4.19. The molecular formula is C12H25N2O2+. The standard InChI is InChI=1S/C12H24N2O2/c1-14-8-7-13-12(14)11(15)9-3-5-10(16-2)6-4-9/h9-13,15H,3-8H2,1-2H3/p+1/t9?,10?,11-,12?/m1/s1. The number of methoxy groups -OCH3 is 1. The highest BCUT2D eigenvalue weighted by atomic mass is 16.5. The summed E-state index contributed by atoms with van der Waals surface area (Å²) in [5, 5.41) is 12.7. The van der Waals surface area contributed by atoms with Crippen LogP contribution in [0.2, 0.25) is 0 Å². The van der Waals surface area contributed by atoms with Gasteiger partial charge >= 0.3 is 0 Å². The van der Waals surface area contributed by atoms with Gasteiger partial charge in [0.1, 0.15) is 6.10 Å². The van der Waals surface area contributed by atoms with Crippen molar-refractivity contribution >= 4 is 0 Å². The van der Waals surface area contributed by atoms with Gasteiger partial charge in [0, 0.05) is 7.11 Å². The predicted molar refractivity (Wildman–Crippen MR) is 62.0 cm³/mol. The van der Waals surface area contributed by atoms with Crippen molar-refractivity contribution in [2.45, 2.75) is 44.1 Å². The van der Waals surface area contributed by atoms with Crippen molar-refractivity contribution in [2.24, 2.45) is 5.92 Å². The first-order chi connectivity index (χ1) is 7.72. The first-order valence-corrected chi connectivity index (χ1v) is 6.47. The molecule has 1 heterocycles. The summed E-state index contributed by atoms with van der Waals surface area (Å²) in [5.74, 6) is 0.466. The molecule has 16 heavy (non-hydrogen) atoms. The van der Waals surface area contributed by atoms with Crippen LogP contribution >= 0.6 is 0 Å². The third-order valence-electron chi connectivity index (χ3n) is 4.28. The Labute approximate surface area is 98.0 Å². The maximum absolute atomic E-state index is 10.4. The van der Waals surface area contributed by atoms with Gasteiger partial charge in [-0.05, 0) is 38.6 Å². The topological polar surface area (TPSA) is 49.3 Å². The molecule has 0 aromatic rings. The Morgan fingerprint density at radius 3 is 2.50 bits per heavy atom. The number of hydrogen-bond donors (Lipinski definition) is 2. The SMILES string of the molecule is COC1CCC([C@@H](O)C2[NH2+]CCN2C)CC1. The van der Waals surface area contributed by atoms with E-state index in [1.807, 2.05) is 0 Å². The second-order valence-corrected chi connectivity index (χ2v) is 5.26. The van der Waals surface area contributed by atoms with E-state index in [0.29, 0.717) is 12.0 Å². The van der Waals surface area contributed by atoms with Gasteiger partial charge in [-0.2, -0.15) is 0 Å². The molecule has 1 saturated carbocycles. The highest BCUT2D eigenvalue weighted by Crippen LogP contribution is 2.29. The summed E-state index contributed by atoms with van der Waals surface area (Å²) in [4.78, 5) is 2.27. The minimum atomic E-state index is -0.176. The lowest BCUT2D eigenvalue weighted by molar-refractivity contribution is -0.688. The first-order valence-electron chi connectivity index (χ1n) is 6.47. The van der Waals surface area contributed by atoms with E-state index in [1.165, 1.54) is 0 Å². The van der Waals surface area contributed by atoms with Crippen LogP contribution in [0.25, 0.3) is 0 Å². The molecule has 2 fully saturated rings. The zero-order valence-electron chi connectivity index (χ0n) is 10.4. The van der Waals surface area contributed by atoms with Crippen molar-refractivity contribution < 1.29 is 15.2 Å². The molecule has 0 aromatic carbocycles. The third-order valence-corrected chi connectivity index (χ3v) is 4.28. The molecule has 0 spiro atoms. The van der Waals surface area contributed by atoms with Crippen LogP contribution in [0.15, 0.2) is 0 Å². The fraction of sp³-hybridized carbons (Fsp3) is 1.00. The van der Waals surface area contributed by atoms with Crippen molar-refractivity contribution in [2.75, 3.05) is 27.2 Å². The molecule has 1 unspecified atom stereocenters. The number of aliphatic hydroxyl groups excluding tert-OH is 1. The summed E-state index contributed by atoms with van der Waals surface area (Å²) < 4.78 is 5.37. The van der Waals surface area contributed by atoms with Crippen molar-refractivity contribution in [3.05, 3.63) is 0 Å². The molecule has 2 aliphatic rings. The Balaban J connectivity index is 1.83. The van der Waals surface area contributed by atoms with E-state index in [2.05, 4.69) is 17.3 Å². The van der Waals surface area contributed by atoms with Gasteiger partial charge in [0.15, 0.2) is 6.17 Å². The first kappa shape index (κ1) is 12.3. The summed E-state index contributed by atoms with van der Waals surface area (Å²) in [7, 11) is 3.90. The van der Waals surface area contributed by atoms with Crippen LogP contribution in [0, 0.1) is 5.92 Å². The maximum Gasteiger partial charge on any atom is 0.169 e. The van der Waals surface area contributed by atoms with Gasteiger partial charge in [0.2, 0.25) is 0 Å². The van der Waals surface area contributed by atoms with E-state index >= 15 is 0 Å². The molecule has 0 radical (unpaired) electrons. The average molecular weight is 229 g/mol. The molecule has 4 nitrogen and oxygen atoms in total. The number of ether oxygens (including phenoxy) is 1. The Morgan fingerprint density at radius 1 is 1.31 bits per heavy atom. The largest absolute Gasteiger partial charge is 0.385 e. The normalized spacial score (nSPS) is 38.8. The van der Waals surface area contributed by atoms with Crippen LogP contribution in [0.3, 0.4) is 0 Å². The smallest absolute Gasteiger partial charge is 0.169 e. The predicted octanol–water partition coefficient (Wildman–Crippen LogP) is -0.613. The molecule has 1 aliphatic heterocycles. The lowest BCUT2D eigenvalue weighted by atomic mass is 9.82. The zero-order chi connectivity index (χ0) is 11.5. The van der Waals surface area contributed by atoms with Crippen LogP contribution in [0.5, 0.6) is 0 Å². The summed E-state index contributed by atoms with van der Waals surface area (Å²) >= 11 is 0. The van der Waals surface area contributed by atoms with E-state index in [-0.39, 0.29) is 12.3 Å². The average Bonchev–Trinajstić information content (AvgIpc) is 2.75. The maximum atomic E-state index is 10.4. The highest BCUT2D eigenvalue weighted by Gasteiger charge is 2.37. The van der Waals surface area contributed by atoms with E-state index in [4.69, 9.17) is 4.74 Å². The van der Waals surface area contributed by atoms with Gasteiger partial charge < -0.3 is 15.2 Å². The van der Waals surface area contributed by atoms with Crippen molar-refractivity contribution in [1.82, 2.24) is 4.90 Å². The van der Waals surface area contributed by atoms with E-state index < -0.39 is 0 Å². The minimum Gasteiger partial charge on any atom is -0.385 e. The van der Waals surface area contributed by atoms with Gasteiger partial charge in [-0.3, -0.25) is 0 Å². The van der Waals surface area contributed by atoms with Crippen LogP contribution in [0.1, 0.15) is 25.7 Å². The van der Waals surface area contributed by atoms with Gasteiger partial charge in [0.25, 0.3) is 0 Å². The molecule has 0 amide bonds. The highest BCUT2D eigenvalue weighted by molar-refractivity contribution is 4.82. The molecule has 0 bridgehead atoms. The second-order valence-electron chi connectivity index (χ2n) is 5.26. The molecule has 2 atom stereocenters. The van der Waals surface area contributed by atoms with Crippen LogP contribution in [0.4, 0.5) is 0 Å².